The Balaban J connectivity index is 1.51. The molecule has 2 amide bonds. The van der Waals surface area contributed by atoms with E-state index in [0.29, 0.717) is 17.7 Å². The number of carbonyl (C=O) groups is 2. The van der Waals surface area contributed by atoms with E-state index < -0.39 is 11.6 Å². The summed E-state index contributed by atoms with van der Waals surface area (Å²) in [4.78, 5) is 25.6. The van der Waals surface area contributed by atoms with Crippen molar-refractivity contribution in [1.82, 2.24) is 5.32 Å². The maximum atomic E-state index is 13.3. The van der Waals surface area contributed by atoms with Gasteiger partial charge in [0.2, 0.25) is 11.8 Å². The second kappa shape index (κ2) is 8.26. The molecule has 27 heavy (non-hydrogen) atoms. The van der Waals surface area contributed by atoms with Crippen molar-refractivity contribution in [3.8, 4) is 0 Å². The van der Waals surface area contributed by atoms with Crippen LogP contribution in [0, 0.1) is 11.6 Å². The lowest BCUT2D eigenvalue weighted by atomic mass is 10.1. The zero-order valence-electron chi connectivity index (χ0n) is 15.0. The Bertz CT molecular complexity index is 840. The molecule has 1 atom stereocenters. The quantitative estimate of drug-likeness (QED) is 0.816. The van der Waals surface area contributed by atoms with Crippen LogP contribution in [-0.4, -0.2) is 24.9 Å². The van der Waals surface area contributed by atoms with Gasteiger partial charge in [-0.25, -0.2) is 8.78 Å². The largest absolute Gasteiger partial charge is 0.325 e. The number of nitrogens with zero attached hydrogens (tertiary/aromatic N) is 1. The van der Waals surface area contributed by atoms with Crippen LogP contribution in [0.2, 0.25) is 0 Å². The highest BCUT2D eigenvalue weighted by Crippen LogP contribution is 2.23. The van der Waals surface area contributed by atoms with Gasteiger partial charge in [-0.15, -0.1) is 0 Å². The van der Waals surface area contributed by atoms with E-state index >= 15 is 0 Å². The highest BCUT2D eigenvalue weighted by atomic mass is 19.2. The smallest absolute Gasteiger partial charge is 0.238 e. The molecule has 1 saturated heterocycles. The molecule has 0 bridgehead atoms. The van der Waals surface area contributed by atoms with Gasteiger partial charge >= 0.3 is 0 Å². The van der Waals surface area contributed by atoms with Crippen molar-refractivity contribution in [2.75, 3.05) is 23.3 Å². The molecular formula is C20H21F2N3O2. The van der Waals surface area contributed by atoms with Gasteiger partial charge in [0, 0.05) is 30.4 Å². The van der Waals surface area contributed by atoms with E-state index in [-0.39, 0.29) is 24.4 Å². The Hall–Kier alpha value is -2.80. The van der Waals surface area contributed by atoms with Gasteiger partial charge in [0.05, 0.1) is 6.54 Å². The van der Waals surface area contributed by atoms with Crippen molar-refractivity contribution >= 4 is 23.2 Å². The average molecular weight is 373 g/mol. The molecule has 1 fully saturated rings. The number of anilines is 2. The van der Waals surface area contributed by atoms with Crippen LogP contribution in [0.3, 0.4) is 0 Å². The fourth-order valence-electron chi connectivity index (χ4n) is 3.00. The molecule has 0 radical (unpaired) electrons. The lowest BCUT2D eigenvalue weighted by Crippen LogP contribution is -2.30. The first-order chi connectivity index (χ1) is 12.9. The molecule has 0 spiro atoms. The van der Waals surface area contributed by atoms with Crippen molar-refractivity contribution in [3.63, 3.8) is 0 Å². The molecule has 5 nitrogen and oxygen atoms in total. The molecule has 2 aromatic carbocycles. The number of benzene rings is 2. The monoisotopic (exact) mass is 373 g/mol. The third-order valence-corrected chi connectivity index (χ3v) is 4.55. The van der Waals surface area contributed by atoms with E-state index in [2.05, 4.69) is 10.6 Å². The molecule has 2 aromatic rings. The first-order valence-corrected chi connectivity index (χ1v) is 8.82. The SMILES string of the molecule is C[C@@H](NCC(=O)Nc1ccc(N2CCCC2=O)cc1)c1ccc(F)c(F)c1. The van der Waals surface area contributed by atoms with Gasteiger partial charge in [0.15, 0.2) is 11.6 Å². The summed E-state index contributed by atoms with van der Waals surface area (Å²) in [6.07, 6.45) is 1.43. The standard InChI is InChI=1S/C20H21F2N3O2/c1-13(14-4-9-17(21)18(22)11-14)23-12-19(26)24-15-5-7-16(8-6-15)25-10-2-3-20(25)27/h4-9,11,13,23H,2-3,10,12H2,1H3,(H,24,26)/t13-/m1/s1. The van der Waals surface area contributed by atoms with Crippen molar-refractivity contribution in [3.05, 3.63) is 59.7 Å². The van der Waals surface area contributed by atoms with Gasteiger partial charge in [0.25, 0.3) is 0 Å². The van der Waals surface area contributed by atoms with E-state index in [0.717, 1.165) is 30.8 Å². The number of carbonyl (C=O) groups excluding carboxylic acids is 2. The molecule has 142 valence electrons. The lowest BCUT2D eigenvalue weighted by Gasteiger charge is -2.16. The predicted molar refractivity (Wildman–Crippen MR) is 99.4 cm³/mol. The maximum Gasteiger partial charge on any atom is 0.238 e. The molecular weight excluding hydrogens is 352 g/mol. The normalized spacial score (nSPS) is 15.1. The Morgan fingerprint density at radius 1 is 1.15 bits per heavy atom. The average Bonchev–Trinajstić information content (AvgIpc) is 3.08. The summed E-state index contributed by atoms with van der Waals surface area (Å²) in [5.74, 6) is -1.96. The van der Waals surface area contributed by atoms with E-state index in [9.17, 15) is 18.4 Å². The molecule has 0 unspecified atom stereocenters. The van der Waals surface area contributed by atoms with Gasteiger partial charge < -0.3 is 15.5 Å². The minimum Gasteiger partial charge on any atom is -0.325 e. The van der Waals surface area contributed by atoms with Crippen molar-refractivity contribution in [2.24, 2.45) is 0 Å². The molecule has 1 aliphatic rings. The van der Waals surface area contributed by atoms with E-state index in [1.165, 1.54) is 6.07 Å². The summed E-state index contributed by atoms with van der Waals surface area (Å²) in [6.45, 7) is 2.50. The van der Waals surface area contributed by atoms with Crippen LogP contribution in [0.25, 0.3) is 0 Å². The Morgan fingerprint density at radius 2 is 1.89 bits per heavy atom. The number of hydrogen-bond acceptors (Lipinski definition) is 3. The summed E-state index contributed by atoms with van der Waals surface area (Å²) in [6, 6.07) is 10.4. The summed E-state index contributed by atoms with van der Waals surface area (Å²) in [5, 5.41) is 5.73. The third-order valence-electron chi connectivity index (χ3n) is 4.55. The Morgan fingerprint density at radius 3 is 2.52 bits per heavy atom. The Kier molecular flexibility index (Phi) is 5.81. The molecule has 3 rings (SSSR count). The lowest BCUT2D eigenvalue weighted by molar-refractivity contribution is -0.117. The summed E-state index contributed by atoms with van der Waals surface area (Å²) in [7, 11) is 0. The summed E-state index contributed by atoms with van der Waals surface area (Å²) < 4.78 is 26.3. The zero-order valence-corrected chi connectivity index (χ0v) is 15.0. The van der Waals surface area contributed by atoms with E-state index in [4.69, 9.17) is 0 Å². The van der Waals surface area contributed by atoms with Crippen LogP contribution >= 0.6 is 0 Å². The number of nitrogens with one attached hydrogen (secondary N) is 2. The second-order valence-electron chi connectivity index (χ2n) is 6.52. The van der Waals surface area contributed by atoms with Gasteiger partial charge in [0.1, 0.15) is 0 Å². The highest BCUT2D eigenvalue weighted by Gasteiger charge is 2.21. The molecule has 7 heteroatoms. The first kappa shape index (κ1) is 19.0. The second-order valence-corrected chi connectivity index (χ2v) is 6.52. The van der Waals surface area contributed by atoms with Crippen LogP contribution in [0.5, 0.6) is 0 Å². The van der Waals surface area contributed by atoms with E-state index in [1.54, 1.807) is 36.1 Å². The number of hydrogen-bond donors (Lipinski definition) is 2. The topological polar surface area (TPSA) is 61.4 Å². The minimum atomic E-state index is -0.915. The summed E-state index contributed by atoms with van der Waals surface area (Å²) in [5.41, 5.74) is 2.00. The van der Waals surface area contributed by atoms with Crippen LogP contribution in [-0.2, 0) is 9.59 Å². The first-order valence-electron chi connectivity index (χ1n) is 8.82. The Labute approximate surface area is 156 Å². The maximum absolute atomic E-state index is 13.3. The minimum absolute atomic E-state index is 0.0204. The zero-order chi connectivity index (χ0) is 19.4. The van der Waals surface area contributed by atoms with Gasteiger partial charge in [-0.2, -0.15) is 0 Å². The predicted octanol–water partition coefficient (Wildman–Crippen LogP) is 3.38. The van der Waals surface area contributed by atoms with Crippen LogP contribution in [0.1, 0.15) is 31.4 Å². The van der Waals surface area contributed by atoms with Gasteiger partial charge in [-0.05, 0) is 55.3 Å². The van der Waals surface area contributed by atoms with Crippen LogP contribution in [0.4, 0.5) is 20.2 Å². The fourth-order valence-corrected chi connectivity index (χ4v) is 3.00. The van der Waals surface area contributed by atoms with E-state index in [1.807, 2.05) is 0 Å². The number of halogens is 2. The van der Waals surface area contributed by atoms with Crippen LogP contribution < -0.4 is 15.5 Å². The van der Waals surface area contributed by atoms with Crippen LogP contribution in [0.15, 0.2) is 42.5 Å². The summed E-state index contributed by atoms with van der Waals surface area (Å²) >= 11 is 0. The number of rotatable bonds is 6. The van der Waals surface area contributed by atoms with Gasteiger partial charge in [-0.1, -0.05) is 6.07 Å². The number of amides is 2. The van der Waals surface area contributed by atoms with Crippen molar-refractivity contribution in [2.45, 2.75) is 25.8 Å². The van der Waals surface area contributed by atoms with Gasteiger partial charge in [-0.3, -0.25) is 9.59 Å². The molecule has 0 aliphatic carbocycles. The fraction of sp³-hybridized carbons (Fsp3) is 0.300. The molecule has 2 N–H and O–H groups in total. The molecule has 1 aliphatic heterocycles. The molecule has 0 saturated carbocycles. The molecule has 0 aromatic heterocycles. The van der Waals surface area contributed by atoms with Crippen molar-refractivity contribution in [1.29, 1.82) is 0 Å². The highest BCUT2D eigenvalue weighted by molar-refractivity contribution is 5.96. The van der Waals surface area contributed by atoms with Crippen molar-refractivity contribution < 1.29 is 18.4 Å². The molecule has 1 heterocycles. The third kappa shape index (κ3) is 4.68.